The first kappa shape index (κ1) is 82.6. The third-order valence-corrected chi connectivity index (χ3v) is 18.7. The molecule has 6 aliphatic rings. The summed E-state index contributed by atoms with van der Waals surface area (Å²) in [6, 6.07) is 33.7. The maximum Gasteiger partial charge on any atom is 0.762 e. The number of alkyl carbamates (subject to hydrolysis) is 2. The molecule has 2 spiro atoms. The summed E-state index contributed by atoms with van der Waals surface area (Å²) in [6.45, 7) is 10.1. The summed E-state index contributed by atoms with van der Waals surface area (Å²) in [5.41, 5.74) is 22.7. The molecule has 12 rings (SSSR count). The third kappa shape index (κ3) is 25.2. The number of aryl methyl sites for hydroxylation is 5. The van der Waals surface area contributed by atoms with E-state index in [1.165, 1.54) is 44.5 Å². The van der Waals surface area contributed by atoms with Gasteiger partial charge in [-0.15, -0.1) is 9.56 Å². The summed E-state index contributed by atoms with van der Waals surface area (Å²) < 4.78 is 65.4. The molecule has 6 aromatic rings. The molecule has 0 radical (unpaired) electrons. The summed E-state index contributed by atoms with van der Waals surface area (Å²) in [5, 5.41) is 29.6. The maximum absolute atomic E-state index is 11.4. The monoisotopic (exact) mass is 1670 g/mol. The Morgan fingerprint density at radius 2 is 1.15 bits per heavy atom. The van der Waals surface area contributed by atoms with Gasteiger partial charge in [-0.3, -0.25) is 18.3 Å². The zero-order chi connectivity index (χ0) is 70.9. The Morgan fingerprint density at radius 3 is 1.63 bits per heavy atom. The number of aliphatic imine (C=N–C) groups is 3. The first-order chi connectivity index (χ1) is 46.2. The van der Waals surface area contributed by atoms with E-state index < -0.39 is 36.9 Å². The van der Waals surface area contributed by atoms with Gasteiger partial charge < -0.3 is 59.8 Å². The molecule has 20 nitrogen and oxygen atoms in total. The summed E-state index contributed by atoms with van der Waals surface area (Å²) >= 11 is 29.1. The Morgan fingerprint density at radius 1 is 0.684 bits per heavy atom. The van der Waals surface area contributed by atoms with Gasteiger partial charge in [0.2, 0.25) is 5.58 Å². The second-order valence-electron chi connectivity index (χ2n) is 23.1. The highest BCUT2D eigenvalue weighted by molar-refractivity contribution is 9.11. The Balaban J connectivity index is 0.000000214. The van der Waals surface area contributed by atoms with Crippen molar-refractivity contribution in [2.75, 3.05) is 46.2 Å². The Labute approximate surface area is 616 Å². The van der Waals surface area contributed by atoms with Gasteiger partial charge in [-0.25, -0.2) is 29.7 Å². The summed E-state index contributed by atoms with van der Waals surface area (Å²) in [6.07, 6.45) is 8.81. The van der Waals surface area contributed by atoms with Crippen LogP contribution in [0.3, 0.4) is 0 Å². The summed E-state index contributed by atoms with van der Waals surface area (Å²) in [7, 11) is -3.67. The minimum absolute atomic E-state index is 0. The number of carbonyl (C=O) groups excluding carboxylic acids is 3. The van der Waals surface area contributed by atoms with Crippen LogP contribution < -0.4 is 36.7 Å². The van der Waals surface area contributed by atoms with Crippen molar-refractivity contribution in [3.05, 3.63) is 165 Å². The van der Waals surface area contributed by atoms with Crippen LogP contribution in [0, 0.1) is 0 Å². The van der Waals surface area contributed by atoms with Crippen molar-refractivity contribution in [1.82, 2.24) is 16.0 Å². The number of para-hydroxylation sites is 2. The van der Waals surface area contributed by atoms with Crippen molar-refractivity contribution in [2.24, 2.45) is 26.4 Å². The molecule has 3 heterocycles. The molecule has 9 N–H and O–H groups in total. The van der Waals surface area contributed by atoms with E-state index in [4.69, 9.17) is 58.7 Å². The second kappa shape index (κ2) is 39.8. The number of benzene rings is 5. The molecule has 0 saturated heterocycles. The van der Waals surface area contributed by atoms with Gasteiger partial charge in [0.15, 0.2) is 11.7 Å². The van der Waals surface area contributed by atoms with Gasteiger partial charge >= 0.3 is 31.2 Å². The highest BCUT2D eigenvalue weighted by atomic mass is 79.9. The number of aromatic nitrogens is 1. The summed E-state index contributed by atoms with van der Waals surface area (Å²) in [5.74, 6) is 0. The molecule has 530 valence electrons. The highest BCUT2D eigenvalue weighted by Crippen LogP contribution is 2.38. The first-order valence-corrected chi connectivity index (χ1v) is 35.4. The molecular formula is C66H77BBr4ClF4N9O11S2. The van der Waals surface area contributed by atoms with Gasteiger partial charge in [-0.05, 0) is 215 Å². The van der Waals surface area contributed by atoms with E-state index in [2.05, 4.69) is 178 Å². The van der Waals surface area contributed by atoms with Gasteiger partial charge in [0.25, 0.3) is 17.6 Å². The minimum atomic E-state index is -3.67. The lowest BCUT2D eigenvalue weighted by Crippen LogP contribution is -3.00. The molecule has 32 heteroatoms. The smallest absolute Gasteiger partial charge is 0.762 e. The Bertz CT molecular complexity index is 3830. The number of halogens is 9. The van der Waals surface area contributed by atoms with Crippen molar-refractivity contribution in [3.63, 3.8) is 0 Å². The number of amides is 3. The number of oxazole rings is 1. The number of carbonyl (C=O) groups is 3. The zero-order valence-corrected chi connectivity index (χ0v) is 62.9. The van der Waals surface area contributed by atoms with Crippen LogP contribution in [-0.2, 0) is 81.6 Å². The van der Waals surface area contributed by atoms with Crippen molar-refractivity contribution < 1.29 is 74.9 Å². The average molecular weight is 1680 g/mol. The van der Waals surface area contributed by atoms with E-state index in [0.717, 1.165) is 106 Å². The average Bonchev–Trinajstić information content (AvgIpc) is 1.41. The topological polar surface area (TPSA) is 280 Å². The molecule has 0 bridgehead atoms. The lowest BCUT2D eigenvalue weighted by Gasteiger charge is -2.38. The number of hydrogen-bond acceptors (Lipinski definition) is 17. The van der Waals surface area contributed by atoms with E-state index in [1.807, 2.05) is 47.0 Å². The number of rotatable bonds is 7. The second-order valence-corrected chi connectivity index (χ2v) is 27.6. The van der Waals surface area contributed by atoms with Crippen LogP contribution in [0.15, 0.2) is 134 Å². The quantitative estimate of drug-likeness (QED) is 0.0195. The number of ether oxygens (including phenoxy) is 5. The number of fused-ring (bicyclic) bond motifs is 5. The molecule has 4 unspecified atom stereocenters. The van der Waals surface area contributed by atoms with Crippen LogP contribution >= 0.6 is 99.8 Å². The molecular weight excluding hydrogens is 1600 g/mol. The van der Waals surface area contributed by atoms with Crippen LogP contribution in [0.1, 0.15) is 97.9 Å². The molecule has 4 atom stereocenters. The van der Waals surface area contributed by atoms with Crippen molar-refractivity contribution in [3.8, 4) is 0 Å². The highest BCUT2D eigenvalue weighted by Gasteiger charge is 2.42. The molecule has 0 fully saturated rings. The molecule has 1 aromatic heterocycles. The van der Waals surface area contributed by atoms with Gasteiger partial charge in [0, 0.05) is 53.9 Å². The fourth-order valence-electron chi connectivity index (χ4n) is 11.5. The van der Waals surface area contributed by atoms with E-state index in [0.29, 0.717) is 44.2 Å². The molecule has 4 aliphatic carbocycles. The zero-order valence-electron chi connectivity index (χ0n) is 54.2. The van der Waals surface area contributed by atoms with Crippen molar-refractivity contribution in [2.45, 2.75) is 133 Å². The fraction of sp³-hybridized carbons (Fsp3) is 0.424. The first-order valence-electron chi connectivity index (χ1n) is 31.0. The minimum Gasteiger partial charge on any atom is -1.00 e. The van der Waals surface area contributed by atoms with Crippen LogP contribution in [0.4, 0.5) is 27.3 Å². The van der Waals surface area contributed by atoms with Crippen LogP contribution in [0.25, 0.3) is 11.1 Å². The third-order valence-electron chi connectivity index (χ3n) is 16.2. The normalized spacial score (nSPS) is 19.8. The standard InChI is InChI=1S/C15H19BrN2O3S.C15H17BrN2O3.C12H13BrN2O.C11H14BrNO.C9H9ClNO.C4H5NO2S.BF3.FH/c1-2-21-14(20)17-13(22)18-15(9-19)6-5-10-3-4-12(16)7-11(10)8-15;1-2-20-14(19)17-13-18-15(9-21-13)6-5-10-3-4-12(16)7-11(10)8-15;13-10-2-1-8-3-4-12(6-9(8)5-10)7-16-11(14)15-12;12-10-2-1-8-3-4-11(13,7-14)6-9(8)5-10;1-2-11-7-5-3-4-6-8(7)12-9(11)10;1-2-7-4(6)5-3-8;2-1(3)4;/h3-4,7,19H,2,5-6,8-9H2,1H3,(H2,17,18,20,22);3-4,7H,2,5-6,8-9H2,1H3,(H,17,18,19);1-2,5H,3-4,6-7H2,(H2,14,15);1-2,5,14H,3-4,6-7,13H2;3-6H,2H2,1H3;2H2,1H3;;1H/q;;;;+1;;;/p-1. The predicted molar refractivity (Wildman–Crippen MR) is 389 cm³/mol. The lowest BCUT2D eigenvalue weighted by atomic mass is 9.78. The number of thiocarbonyl (C=S) groups is 2. The van der Waals surface area contributed by atoms with Crippen LogP contribution in [0.2, 0.25) is 5.35 Å². The molecule has 2 aliphatic heterocycles. The molecule has 0 saturated carbocycles. The number of aliphatic hydroxyl groups is 2. The van der Waals surface area contributed by atoms with E-state index in [1.54, 1.807) is 20.8 Å². The Hall–Kier alpha value is -6.12. The van der Waals surface area contributed by atoms with Crippen molar-refractivity contribution in [1.29, 1.82) is 0 Å². The fourth-order valence-corrected chi connectivity index (χ4v) is 13.8. The van der Waals surface area contributed by atoms with Gasteiger partial charge in [0.05, 0.1) is 43.7 Å². The molecule has 3 amide bonds. The number of nitrogens with two attached hydrogens (primary N) is 2. The van der Waals surface area contributed by atoms with Gasteiger partial charge in [0.1, 0.15) is 24.3 Å². The number of nitrogens with one attached hydrogen (secondary N) is 3. The lowest BCUT2D eigenvalue weighted by molar-refractivity contribution is -0.670. The Kier molecular flexibility index (Phi) is 33.5. The summed E-state index contributed by atoms with van der Waals surface area (Å²) in [4.78, 5) is 45.0. The number of amidine groups is 2. The number of hydrogen-bond donors (Lipinski definition) is 7. The molecule has 98 heavy (non-hydrogen) atoms. The van der Waals surface area contributed by atoms with Crippen LogP contribution in [0.5, 0.6) is 0 Å². The van der Waals surface area contributed by atoms with E-state index >= 15 is 0 Å². The number of aliphatic hydroxyl groups excluding tert-OH is 2. The SMILES string of the molecule is CCOC(=O)N=C=S.CCOC(=O)NC(=S)NC1(CO)CCc2ccc(Br)cc2C1.CCOC(=O)NC1=NC2(CCc3ccc(Br)cc3C2)CO1.CC[n+]1c(Cl)oc2ccccc21.FB(F)F.NC1(CO)CCc2ccc(Br)cc2C1.NC1=NC2(CCc3ccc(Br)cc3C2)CO1.[F-]. The van der Waals surface area contributed by atoms with Gasteiger partial charge in [-0.2, -0.15) is 0 Å². The van der Waals surface area contributed by atoms with Crippen molar-refractivity contribution >= 4 is 159 Å². The largest absolute Gasteiger partial charge is 1.00 e. The molecule has 5 aromatic carbocycles. The van der Waals surface area contributed by atoms with E-state index in [9.17, 15) is 37.5 Å². The number of isothiocyanates is 1. The maximum atomic E-state index is 11.4. The van der Waals surface area contributed by atoms with E-state index in [-0.39, 0.29) is 46.7 Å². The number of nitrogens with zero attached hydrogens (tertiary/aromatic N) is 4. The van der Waals surface area contributed by atoms with Crippen LogP contribution in [-0.4, -0.2) is 127 Å². The predicted octanol–water partition coefficient (Wildman–Crippen LogP) is 10.3. The van der Waals surface area contributed by atoms with Gasteiger partial charge in [-0.1, -0.05) is 100 Å².